The maximum Gasteiger partial charge on any atom is 0.256 e. The molecule has 172 valence electrons. The minimum atomic E-state index is -0.173. The molecule has 0 unspecified atom stereocenters. The maximum atomic E-state index is 13.2. The van der Waals surface area contributed by atoms with Gasteiger partial charge in [0.05, 0.1) is 19.1 Å². The molecular formula is C27H23NO5S. The summed E-state index contributed by atoms with van der Waals surface area (Å²) in [5.74, 6) is 2.22. The smallest absolute Gasteiger partial charge is 0.256 e. The topological polar surface area (TPSA) is 74.7 Å². The van der Waals surface area contributed by atoms with Gasteiger partial charge in [-0.3, -0.25) is 4.79 Å². The molecule has 2 aromatic heterocycles. The summed E-state index contributed by atoms with van der Waals surface area (Å²) in [6, 6.07) is 22.3. The summed E-state index contributed by atoms with van der Waals surface area (Å²) in [5, 5.41) is 1.17. The predicted molar refractivity (Wildman–Crippen MR) is 134 cm³/mol. The summed E-state index contributed by atoms with van der Waals surface area (Å²) < 4.78 is 23.1. The molecule has 5 rings (SSSR count). The molecule has 0 aliphatic rings. The third-order valence-electron chi connectivity index (χ3n) is 5.39. The van der Waals surface area contributed by atoms with Crippen LogP contribution in [0.3, 0.4) is 0 Å². The third kappa shape index (κ3) is 4.65. The molecule has 0 aliphatic carbocycles. The number of aromatic nitrogens is 1. The molecule has 0 bridgehead atoms. The number of hydrogen-bond donors (Lipinski definition) is 0. The van der Waals surface area contributed by atoms with Crippen molar-refractivity contribution in [1.29, 1.82) is 0 Å². The van der Waals surface area contributed by atoms with Crippen LogP contribution in [0.15, 0.2) is 91.6 Å². The fourth-order valence-electron chi connectivity index (χ4n) is 3.64. The molecule has 5 aromatic rings. The first-order chi connectivity index (χ1) is 16.7. The lowest BCUT2D eigenvalue weighted by Gasteiger charge is -2.12. The Morgan fingerprint density at radius 3 is 2.44 bits per heavy atom. The second-order valence-corrected chi connectivity index (χ2v) is 8.71. The van der Waals surface area contributed by atoms with Gasteiger partial charge >= 0.3 is 0 Å². The van der Waals surface area contributed by atoms with Crippen LogP contribution in [0, 0.1) is 0 Å². The summed E-state index contributed by atoms with van der Waals surface area (Å²) >= 11 is 1.58. The summed E-state index contributed by atoms with van der Waals surface area (Å²) in [4.78, 5) is 17.7. The zero-order valence-electron chi connectivity index (χ0n) is 18.7. The van der Waals surface area contributed by atoms with E-state index in [1.54, 1.807) is 31.0 Å². The Kier molecular flexibility index (Phi) is 6.53. The maximum absolute atomic E-state index is 13.2. The number of rotatable bonds is 9. The minimum absolute atomic E-state index is 0.173. The van der Waals surface area contributed by atoms with Gasteiger partial charge in [0.2, 0.25) is 11.2 Å². The predicted octanol–water partition coefficient (Wildman–Crippen LogP) is 6.56. The summed E-state index contributed by atoms with van der Waals surface area (Å²) in [6.45, 7) is 0.403. The molecule has 34 heavy (non-hydrogen) atoms. The molecule has 0 fully saturated rings. The van der Waals surface area contributed by atoms with E-state index >= 15 is 0 Å². The third-order valence-corrected chi connectivity index (χ3v) is 6.31. The first-order valence-corrected chi connectivity index (χ1v) is 12.0. The molecule has 0 amide bonds. The van der Waals surface area contributed by atoms with Crippen LogP contribution >= 0.6 is 11.8 Å². The molecule has 0 saturated carbocycles. The number of oxazole rings is 1. The number of methoxy groups -OCH3 is 1. The lowest BCUT2D eigenvalue weighted by atomic mass is 10.1. The fraction of sp³-hybridized carbons (Fsp3) is 0.185. The Bertz CT molecular complexity index is 1440. The highest BCUT2D eigenvalue weighted by Gasteiger charge is 2.17. The monoisotopic (exact) mass is 473 g/mol. The van der Waals surface area contributed by atoms with Crippen LogP contribution in [0.1, 0.15) is 12.8 Å². The summed E-state index contributed by atoms with van der Waals surface area (Å²) in [6.07, 6.45) is 1.67. The number of thioether (sulfide) groups is 1. The van der Waals surface area contributed by atoms with E-state index in [0.29, 0.717) is 28.6 Å². The lowest BCUT2D eigenvalue weighted by molar-refractivity contribution is 0.302. The first kappa shape index (κ1) is 22.1. The number of fused-ring (bicyclic) bond motifs is 2. The van der Waals surface area contributed by atoms with Gasteiger partial charge in [0, 0.05) is 11.3 Å². The lowest BCUT2D eigenvalue weighted by Crippen LogP contribution is -2.11. The fourth-order valence-corrected chi connectivity index (χ4v) is 4.47. The van der Waals surface area contributed by atoms with Crippen molar-refractivity contribution in [3.63, 3.8) is 0 Å². The molecule has 2 heterocycles. The first-order valence-electron chi connectivity index (χ1n) is 11.0. The van der Waals surface area contributed by atoms with Crippen molar-refractivity contribution in [1.82, 2.24) is 4.98 Å². The number of benzene rings is 3. The Morgan fingerprint density at radius 1 is 0.882 bits per heavy atom. The average Bonchev–Trinajstić information content (AvgIpc) is 3.30. The van der Waals surface area contributed by atoms with Crippen molar-refractivity contribution in [3.8, 4) is 22.8 Å². The van der Waals surface area contributed by atoms with E-state index in [1.165, 1.54) is 0 Å². The van der Waals surface area contributed by atoms with Gasteiger partial charge in [-0.15, -0.1) is 0 Å². The van der Waals surface area contributed by atoms with Crippen LogP contribution in [-0.2, 0) is 0 Å². The molecule has 0 N–H and O–H groups in total. The van der Waals surface area contributed by atoms with E-state index in [-0.39, 0.29) is 11.2 Å². The molecule has 0 spiro atoms. The summed E-state index contributed by atoms with van der Waals surface area (Å²) in [5.41, 5.74) is 2.77. The standard InChI is InChI=1S/C27H23NO5S/c1-30-19-14-12-18(13-15-19)25-26(24(29)20-8-2-4-10-22(20)32-25)31-16-6-7-17-34-27-28-21-9-3-5-11-23(21)33-27/h2-5,8-15H,6-7,16-17H2,1H3. The molecule has 0 radical (unpaired) electrons. The Balaban J connectivity index is 1.27. The van der Waals surface area contributed by atoms with Gasteiger partial charge in [-0.25, -0.2) is 4.98 Å². The van der Waals surface area contributed by atoms with Gasteiger partial charge in [0.15, 0.2) is 11.3 Å². The van der Waals surface area contributed by atoms with Crippen molar-refractivity contribution in [2.75, 3.05) is 19.5 Å². The highest BCUT2D eigenvalue weighted by molar-refractivity contribution is 7.99. The van der Waals surface area contributed by atoms with Gasteiger partial charge in [-0.2, -0.15) is 0 Å². The number of nitrogens with zero attached hydrogens (tertiary/aromatic N) is 1. The second-order valence-electron chi connectivity index (χ2n) is 7.67. The van der Waals surface area contributed by atoms with E-state index in [1.807, 2.05) is 60.7 Å². The van der Waals surface area contributed by atoms with Gasteiger partial charge in [-0.05, 0) is 61.4 Å². The molecular weight excluding hydrogens is 450 g/mol. The largest absolute Gasteiger partial charge is 0.497 e. The van der Waals surface area contributed by atoms with Crippen LogP contribution in [0.25, 0.3) is 33.4 Å². The highest BCUT2D eigenvalue weighted by atomic mass is 32.2. The van der Waals surface area contributed by atoms with Gasteiger partial charge in [0.25, 0.3) is 5.22 Å². The van der Waals surface area contributed by atoms with E-state index in [2.05, 4.69) is 4.98 Å². The van der Waals surface area contributed by atoms with Gasteiger partial charge in [0.1, 0.15) is 16.8 Å². The summed E-state index contributed by atoms with van der Waals surface area (Å²) in [7, 11) is 1.61. The highest BCUT2D eigenvalue weighted by Crippen LogP contribution is 2.32. The second kappa shape index (κ2) is 10.1. The molecule has 3 aromatic carbocycles. The van der Waals surface area contributed by atoms with Crippen LogP contribution < -0.4 is 14.9 Å². The van der Waals surface area contributed by atoms with Crippen molar-refractivity contribution in [3.05, 3.63) is 83.0 Å². The van der Waals surface area contributed by atoms with Crippen LogP contribution in [0.5, 0.6) is 11.5 Å². The average molecular weight is 474 g/mol. The number of para-hydroxylation sites is 3. The molecule has 6 nitrogen and oxygen atoms in total. The number of unbranched alkanes of at least 4 members (excludes halogenated alkanes) is 1. The quantitative estimate of drug-likeness (QED) is 0.177. The van der Waals surface area contributed by atoms with Crippen LogP contribution in [-0.4, -0.2) is 24.5 Å². The van der Waals surface area contributed by atoms with E-state index in [4.69, 9.17) is 18.3 Å². The Hall–Kier alpha value is -3.71. The zero-order valence-corrected chi connectivity index (χ0v) is 19.5. The zero-order chi connectivity index (χ0) is 23.3. The van der Waals surface area contributed by atoms with Crippen LogP contribution in [0.2, 0.25) is 0 Å². The molecule has 0 atom stereocenters. The van der Waals surface area contributed by atoms with Crippen molar-refractivity contribution < 1.29 is 18.3 Å². The van der Waals surface area contributed by atoms with E-state index in [9.17, 15) is 4.79 Å². The molecule has 0 aliphatic heterocycles. The van der Waals surface area contributed by atoms with Crippen molar-refractivity contribution >= 4 is 33.8 Å². The molecule has 7 heteroatoms. The van der Waals surface area contributed by atoms with Crippen LogP contribution in [0.4, 0.5) is 0 Å². The van der Waals surface area contributed by atoms with Gasteiger partial charge < -0.3 is 18.3 Å². The van der Waals surface area contributed by atoms with E-state index in [0.717, 1.165) is 41.0 Å². The Morgan fingerprint density at radius 2 is 1.65 bits per heavy atom. The minimum Gasteiger partial charge on any atom is -0.497 e. The molecule has 0 saturated heterocycles. The van der Waals surface area contributed by atoms with E-state index < -0.39 is 0 Å². The van der Waals surface area contributed by atoms with Crippen molar-refractivity contribution in [2.24, 2.45) is 0 Å². The normalized spacial score (nSPS) is 11.2. The number of ether oxygens (including phenoxy) is 2. The number of hydrogen-bond acceptors (Lipinski definition) is 7. The van der Waals surface area contributed by atoms with Gasteiger partial charge in [-0.1, -0.05) is 36.0 Å². The van der Waals surface area contributed by atoms with Crippen molar-refractivity contribution in [2.45, 2.75) is 18.1 Å². The SMILES string of the molecule is COc1ccc(-c2oc3ccccc3c(=O)c2OCCCCSc2nc3ccccc3o2)cc1. The Labute approximate surface area is 200 Å².